The number of primary amides is 1. The van der Waals surface area contributed by atoms with Crippen molar-refractivity contribution in [2.45, 2.75) is 77.5 Å². The molecule has 0 aliphatic rings. The minimum Gasteiger partial charge on any atom is -0.480 e. The van der Waals surface area contributed by atoms with Crippen LogP contribution in [0.3, 0.4) is 0 Å². The first kappa shape index (κ1) is 31.3. The Labute approximate surface area is 227 Å². The van der Waals surface area contributed by atoms with E-state index in [2.05, 4.69) is 20.9 Å². The molecule has 0 bridgehead atoms. The van der Waals surface area contributed by atoms with Crippen LogP contribution in [0.4, 0.5) is 0 Å². The van der Waals surface area contributed by atoms with E-state index in [0.717, 1.165) is 16.5 Å². The third-order valence-corrected chi connectivity index (χ3v) is 6.33. The molecule has 0 radical (unpaired) electrons. The quantitative estimate of drug-likeness (QED) is 0.169. The van der Waals surface area contributed by atoms with E-state index in [-0.39, 0.29) is 37.5 Å². The van der Waals surface area contributed by atoms with Crippen LogP contribution in [0.1, 0.15) is 52.5 Å². The number of aromatic amines is 1. The largest absolute Gasteiger partial charge is 0.480 e. The molecule has 4 atom stereocenters. The van der Waals surface area contributed by atoms with Gasteiger partial charge in [-0.05, 0) is 42.7 Å². The summed E-state index contributed by atoms with van der Waals surface area (Å²) in [6.07, 6.45) is 1.85. The lowest BCUT2D eigenvalue weighted by atomic mass is 10.00. The van der Waals surface area contributed by atoms with Gasteiger partial charge >= 0.3 is 5.97 Å². The summed E-state index contributed by atoms with van der Waals surface area (Å²) in [6.45, 7) is 7.07. The first-order chi connectivity index (χ1) is 18.3. The van der Waals surface area contributed by atoms with Crippen molar-refractivity contribution in [1.29, 1.82) is 0 Å². The van der Waals surface area contributed by atoms with Gasteiger partial charge in [-0.2, -0.15) is 0 Å². The number of aliphatic carboxylic acids is 1. The molecule has 4 unspecified atom stereocenters. The van der Waals surface area contributed by atoms with Crippen LogP contribution < -0.4 is 27.4 Å². The number of nitrogens with two attached hydrogens (primary N) is 2. The molecule has 39 heavy (non-hydrogen) atoms. The predicted molar refractivity (Wildman–Crippen MR) is 146 cm³/mol. The average Bonchev–Trinajstić information content (AvgIpc) is 3.26. The Morgan fingerprint density at radius 2 is 1.56 bits per heavy atom. The van der Waals surface area contributed by atoms with Crippen molar-refractivity contribution in [3.05, 3.63) is 36.0 Å². The summed E-state index contributed by atoms with van der Waals surface area (Å²) >= 11 is 0. The smallest absolute Gasteiger partial charge is 0.326 e. The number of H-pyrrole nitrogens is 1. The predicted octanol–water partition coefficient (Wildman–Crippen LogP) is 0.544. The first-order valence-electron chi connectivity index (χ1n) is 13.0. The van der Waals surface area contributed by atoms with E-state index < -0.39 is 53.8 Å². The normalized spacial score (nSPS) is 14.4. The molecular weight excluding hydrogens is 504 g/mol. The lowest BCUT2D eigenvalue weighted by Gasteiger charge is -2.27. The Balaban J connectivity index is 2.12. The molecule has 12 heteroatoms. The van der Waals surface area contributed by atoms with Crippen molar-refractivity contribution in [1.82, 2.24) is 20.9 Å². The molecular formula is C27H40N6O6. The molecule has 0 aliphatic carbocycles. The van der Waals surface area contributed by atoms with Gasteiger partial charge in [0.2, 0.25) is 23.6 Å². The minimum atomic E-state index is -1.24. The third-order valence-electron chi connectivity index (χ3n) is 6.33. The number of carbonyl (C=O) groups excluding carboxylic acids is 4. The summed E-state index contributed by atoms with van der Waals surface area (Å²) in [5.41, 5.74) is 13.2. The van der Waals surface area contributed by atoms with E-state index in [4.69, 9.17) is 11.5 Å². The number of aromatic nitrogens is 1. The number of carbonyl (C=O) groups is 5. The van der Waals surface area contributed by atoms with Crippen LogP contribution in [0, 0.1) is 11.8 Å². The molecule has 0 saturated carbocycles. The Morgan fingerprint density at radius 3 is 2.15 bits per heavy atom. The second-order valence-corrected chi connectivity index (χ2v) is 10.5. The number of rotatable bonds is 15. The van der Waals surface area contributed by atoms with Crippen molar-refractivity contribution in [3.63, 3.8) is 0 Å². The number of para-hydroxylation sites is 1. The molecule has 0 fully saturated rings. The van der Waals surface area contributed by atoms with Crippen LogP contribution in [-0.2, 0) is 30.4 Å². The summed E-state index contributed by atoms with van der Waals surface area (Å²) < 4.78 is 0. The molecule has 0 saturated heterocycles. The fourth-order valence-electron chi connectivity index (χ4n) is 4.21. The van der Waals surface area contributed by atoms with Gasteiger partial charge in [0.1, 0.15) is 18.1 Å². The second-order valence-electron chi connectivity index (χ2n) is 10.5. The zero-order valence-corrected chi connectivity index (χ0v) is 22.8. The molecule has 1 aromatic heterocycles. The van der Waals surface area contributed by atoms with E-state index in [1.54, 1.807) is 20.0 Å². The van der Waals surface area contributed by atoms with Crippen molar-refractivity contribution in [2.24, 2.45) is 23.3 Å². The van der Waals surface area contributed by atoms with E-state index >= 15 is 0 Å². The number of nitrogens with one attached hydrogen (secondary N) is 4. The van der Waals surface area contributed by atoms with Gasteiger partial charge in [-0.25, -0.2) is 4.79 Å². The lowest BCUT2D eigenvalue weighted by molar-refractivity contribution is -0.143. The molecule has 1 heterocycles. The lowest BCUT2D eigenvalue weighted by Crippen LogP contribution is -2.58. The zero-order chi connectivity index (χ0) is 29.3. The van der Waals surface area contributed by atoms with Gasteiger partial charge in [-0.15, -0.1) is 0 Å². The highest BCUT2D eigenvalue weighted by atomic mass is 16.4. The maximum Gasteiger partial charge on any atom is 0.326 e. The second kappa shape index (κ2) is 14.3. The summed E-state index contributed by atoms with van der Waals surface area (Å²) in [7, 11) is 0. The molecule has 4 amide bonds. The number of carboxylic acids is 1. The van der Waals surface area contributed by atoms with Crippen molar-refractivity contribution >= 4 is 40.5 Å². The van der Waals surface area contributed by atoms with Gasteiger partial charge in [0.15, 0.2) is 0 Å². The Hall–Kier alpha value is -3.93. The molecule has 0 spiro atoms. The zero-order valence-electron chi connectivity index (χ0n) is 22.8. The standard InChI is InChI=1S/C27H40N6O6/c1-14(2)11-21(27(38)39)32-25(36)20(9-10-22(29)34)31-26(37)23(15(3)4)33-24(35)18(28)12-16-13-30-19-8-6-5-7-17(16)19/h5-8,13-15,18,20-21,23,30H,9-12,28H2,1-4H3,(H2,29,34)(H,31,37)(H,32,36)(H,33,35)(H,38,39). The molecule has 0 aliphatic heterocycles. The molecule has 1 aromatic carbocycles. The van der Waals surface area contributed by atoms with Crippen molar-refractivity contribution < 1.29 is 29.1 Å². The maximum atomic E-state index is 13.2. The van der Waals surface area contributed by atoms with Crippen molar-refractivity contribution in [2.75, 3.05) is 0 Å². The van der Waals surface area contributed by atoms with E-state index in [1.807, 2.05) is 38.1 Å². The molecule has 9 N–H and O–H groups in total. The van der Waals surface area contributed by atoms with Crippen LogP contribution >= 0.6 is 0 Å². The summed E-state index contributed by atoms with van der Waals surface area (Å²) in [5.74, 6) is -4.26. The van der Waals surface area contributed by atoms with Crippen LogP contribution in [0.5, 0.6) is 0 Å². The number of carboxylic acid groups (broad SMARTS) is 1. The molecule has 12 nitrogen and oxygen atoms in total. The highest BCUT2D eigenvalue weighted by Crippen LogP contribution is 2.19. The molecule has 214 valence electrons. The molecule has 2 rings (SSSR count). The third kappa shape index (κ3) is 9.40. The highest BCUT2D eigenvalue weighted by Gasteiger charge is 2.32. The summed E-state index contributed by atoms with van der Waals surface area (Å²) in [6, 6.07) is 3.21. The number of hydrogen-bond donors (Lipinski definition) is 7. The Morgan fingerprint density at radius 1 is 0.923 bits per heavy atom. The van der Waals surface area contributed by atoms with Gasteiger partial charge in [0.05, 0.1) is 6.04 Å². The van der Waals surface area contributed by atoms with Gasteiger partial charge < -0.3 is 37.5 Å². The van der Waals surface area contributed by atoms with Crippen LogP contribution in [0.25, 0.3) is 10.9 Å². The Bertz CT molecular complexity index is 1180. The fourth-order valence-corrected chi connectivity index (χ4v) is 4.21. The SMILES string of the molecule is CC(C)CC(NC(=O)C(CCC(N)=O)NC(=O)C(NC(=O)C(N)Cc1c[nH]c2ccccc12)C(C)C)C(=O)O. The summed E-state index contributed by atoms with van der Waals surface area (Å²) in [5, 5.41) is 18.1. The highest BCUT2D eigenvalue weighted by molar-refractivity contribution is 5.94. The van der Waals surface area contributed by atoms with Gasteiger partial charge in [-0.3, -0.25) is 19.2 Å². The van der Waals surface area contributed by atoms with E-state index in [1.165, 1.54) is 0 Å². The minimum absolute atomic E-state index is 0.0148. The van der Waals surface area contributed by atoms with Gasteiger partial charge in [0.25, 0.3) is 0 Å². The first-order valence-corrected chi connectivity index (χ1v) is 13.0. The summed E-state index contributed by atoms with van der Waals surface area (Å²) in [4.78, 5) is 65.2. The molecule has 2 aromatic rings. The number of amides is 4. The van der Waals surface area contributed by atoms with Crippen molar-refractivity contribution in [3.8, 4) is 0 Å². The van der Waals surface area contributed by atoms with E-state index in [9.17, 15) is 29.1 Å². The topological polar surface area (TPSA) is 209 Å². The van der Waals surface area contributed by atoms with Crippen LogP contribution in [0.2, 0.25) is 0 Å². The number of fused-ring (bicyclic) bond motifs is 1. The number of benzene rings is 1. The fraction of sp³-hybridized carbons (Fsp3) is 0.519. The average molecular weight is 545 g/mol. The maximum absolute atomic E-state index is 13.2. The van der Waals surface area contributed by atoms with Crippen LogP contribution in [-0.4, -0.2) is 63.9 Å². The van der Waals surface area contributed by atoms with Crippen LogP contribution in [0.15, 0.2) is 30.5 Å². The monoisotopic (exact) mass is 544 g/mol. The van der Waals surface area contributed by atoms with E-state index in [0.29, 0.717) is 0 Å². The number of hydrogen-bond acceptors (Lipinski definition) is 6. The Kier molecular flexibility index (Phi) is 11.5. The van der Waals surface area contributed by atoms with Gasteiger partial charge in [-0.1, -0.05) is 45.9 Å². The van der Waals surface area contributed by atoms with Gasteiger partial charge in [0, 0.05) is 23.5 Å².